The van der Waals surface area contributed by atoms with Crippen molar-refractivity contribution in [2.45, 2.75) is 6.10 Å². The summed E-state index contributed by atoms with van der Waals surface area (Å²) >= 11 is 0. The molecule has 0 bridgehead atoms. The van der Waals surface area contributed by atoms with Crippen molar-refractivity contribution in [1.82, 2.24) is 4.90 Å². The highest BCUT2D eigenvalue weighted by Gasteiger charge is 2.23. The van der Waals surface area contributed by atoms with Gasteiger partial charge in [-0.25, -0.2) is 0 Å². The molecular formula is C16H19NO4. The second-order valence-electron chi connectivity index (χ2n) is 5.08. The molecule has 21 heavy (non-hydrogen) atoms. The first kappa shape index (κ1) is 14.1. The molecule has 1 atom stereocenters. The molecule has 5 heteroatoms. The Bertz CT molecular complexity index is 519. The topological polar surface area (TPSA) is 51.3 Å². The van der Waals surface area contributed by atoms with Gasteiger partial charge in [-0.15, -0.1) is 0 Å². The Morgan fingerprint density at radius 2 is 2.10 bits per heavy atom. The molecule has 2 aliphatic rings. The number of ether oxygens (including phenoxy) is 3. The number of hydrogen-bond donors (Lipinski definition) is 0. The highest BCUT2D eigenvalue weighted by Crippen LogP contribution is 2.21. The van der Waals surface area contributed by atoms with Crippen LogP contribution >= 0.6 is 0 Å². The smallest absolute Gasteiger partial charge is 0.246 e. The van der Waals surface area contributed by atoms with E-state index in [1.165, 1.54) is 0 Å². The molecule has 0 radical (unpaired) electrons. The van der Waals surface area contributed by atoms with Gasteiger partial charge in [0.05, 0.1) is 19.8 Å². The van der Waals surface area contributed by atoms with Crippen molar-refractivity contribution in [3.63, 3.8) is 0 Å². The molecule has 5 nitrogen and oxygen atoms in total. The van der Waals surface area contributed by atoms with Crippen LogP contribution in [0.15, 0.2) is 30.3 Å². The van der Waals surface area contributed by atoms with Crippen LogP contribution in [0.3, 0.4) is 0 Å². The van der Waals surface area contributed by atoms with Gasteiger partial charge in [0.15, 0.2) is 0 Å². The Hall–Kier alpha value is -1.85. The van der Waals surface area contributed by atoms with Gasteiger partial charge < -0.3 is 19.1 Å². The molecule has 2 fully saturated rings. The van der Waals surface area contributed by atoms with Gasteiger partial charge in [0.1, 0.15) is 18.5 Å². The van der Waals surface area contributed by atoms with Gasteiger partial charge in [-0.2, -0.15) is 0 Å². The van der Waals surface area contributed by atoms with Crippen LogP contribution in [0.1, 0.15) is 5.56 Å². The molecule has 2 aliphatic heterocycles. The second kappa shape index (κ2) is 6.74. The predicted octanol–water partition coefficient (Wildman–Crippen LogP) is 1.34. The molecule has 0 saturated carbocycles. The zero-order chi connectivity index (χ0) is 14.5. The summed E-state index contributed by atoms with van der Waals surface area (Å²) in [5.41, 5.74) is 0.903. The standard InChI is InChI=1S/C16H19NO4/c18-16(17-7-9-19-10-8-17)6-5-13-3-1-2-4-15(13)21-12-14-11-20-14/h1-6,14H,7-12H2/b6-5+. The van der Waals surface area contributed by atoms with Crippen molar-refractivity contribution in [1.29, 1.82) is 0 Å². The van der Waals surface area contributed by atoms with Crippen molar-refractivity contribution in [3.8, 4) is 5.75 Å². The Labute approximate surface area is 124 Å². The van der Waals surface area contributed by atoms with Gasteiger partial charge in [-0.05, 0) is 12.1 Å². The summed E-state index contributed by atoms with van der Waals surface area (Å²) < 4.78 is 16.1. The predicted molar refractivity (Wildman–Crippen MR) is 78.1 cm³/mol. The Balaban J connectivity index is 1.62. The minimum Gasteiger partial charge on any atom is -0.490 e. The summed E-state index contributed by atoms with van der Waals surface area (Å²) in [5.74, 6) is 0.789. The van der Waals surface area contributed by atoms with Crippen LogP contribution in [-0.2, 0) is 14.3 Å². The van der Waals surface area contributed by atoms with Crippen LogP contribution in [0.2, 0.25) is 0 Å². The maximum atomic E-state index is 12.1. The summed E-state index contributed by atoms with van der Waals surface area (Å²) in [4.78, 5) is 13.9. The Morgan fingerprint density at radius 1 is 1.33 bits per heavy atom. The van der Waals surface area contributed by atoms with E-state index in [4.69, 9.17) is 14.2 Å². The van der Waals surface area contributed by atoms with Crippen LogP contribution in [0.25, 0.3) is 6.08 Å². The highest BCUT2D eigenvalue weighted by molar-refractivity contribution is 5.92. The lowest BCUT2D eigenvalue weighted by molar-refractivity contribution is -0.129. The zero-order valence-corrected chi connectivity index (χ0v) is 11.9. The van der Waals surface area contributed by atoms with E-state index >= 15 is 0 Å². The number of rotatable bonds is 5. The molecular weight excluding hydrogens is 270 g/mol. The molecule has 1 unspecified atom stereocenters. The summed E-state index contributed by atoms with van der Waals surface area (Å²) in [7, 11) is 0. The highest BCUT2D eigenvalue weighted by atomic mass is 16.6. The number of epoxide rings is 1. The molecule has 2 heterocycles. The fraction of sp³-hybridized carbons (Fsp3) is 0.438. The summed E-state index contributed by atoms with van der Waals surface area (Å²) in [6, 6.07) is 7.69. The van der Waals surface area contributed by atoms with Crippen LogP contribution in [0.4, 0.5) is 0 Å². The van der Waals surface area contributed by atoms with Crippen LogP contribution < -0.4 is 4.74 Å². The molecule has 0 N–H and O–H groups in total. The number of hydrogen-bond acceptors (Lipinski definition) is 4. The van der Waals surface area contributed by atoms with E-state index in [1.807, 2.05) is 24.3 Å². The van der Waals surface area contributed by atoms with Crippen LogP contribution in [-0.4, -0.2) is 56.4 Å². The maximum Gasteiger partial charge on any atom is 0.246 e. The third-order valence-electron chi connectivity index (χ3n) is 3.47. The third kappa shape index (κ3) is 4.06. The summed E-state index contributed by atoms with van der Waals surface area (Å²) in [6.07, 6.45) is 3.62. The molecule has 112 valence electrons. The quantitative estimate of drug-likeness (QED) is 0.606. The first-order chi connectivity index (χ1) is 10.3. The number of morpholine rings is 1. The minimum atomic E-state index is 0.0126. The van der Waals surface area contributed by atoms with Crippen molar-refractivity contribution in [3.05, 3.63) is 35.9 Å². The fourth-order valence-electron chi connectivity index (χ4n) is 2.15. The molecule has 3 rings (SSSR count). The molecule has 0 aliphatic carbocycles. The van der Waals surface area contributed by atoms with E-state index in [2.05, 4.69) is 0 Å². The van der Waals surface area contributed by atoms with E-state index in [1.54, 1.807) is 17.1 Å². The van der Waals surface area contributed by atoms with E-state index < -0.39 is 0 Å². The minimum absolute atomic E-state index is 0.0126. The normalized spacial score (nSPS) is 21.5. The Kier molecular flexibility index (Phi) is 4.52. The number of benzene rings is 1. The largest absolute Gasteiger partial charge is 0.490 e. The van der Waals surface area contributed by atoms with E-state index in [0.29, 0.717) is 32.9 Å². The average Bonchev–Trinajstić information content (AvgIpc) is 3.36. The van der Waals surface area contributed by atoms with Crippen molar-refractivity contribution in [2.24, 2.45) is 0 Å². The third-order valence-corrected chi connectivity index (χ3v) is 3.47. The molecule has 0 spiro atoms. The lowest BCUT2D eigenvalue weighted by Crippen LogP contribution is -2.39. The lowest BCUT2D eigenvalue weighted by atomic mass is 10.2. The molecule has 1 amide bonds. The van der Waals surface area contributed by atoms with Gasteiger partial charge >= 0.3 is 0 Å². The second-order valence-corrected chi connectivity index (χ2v) is 5.08. The summed E-state index contributed by atoms with van der Waals surface area (Å²) in [6.45, 7) is 3.86. The number of para-hydroxylation sites is 1. The van der Waals surface area contributed by atoms with Gasteiger partial charge in [0, 0.05) is 24.7 Å². The van der Waals surface area contributed by atoms with Crippen molar-refractivity contribution in [2.75, 3.05) is 39.5 Å². The van der Waals surface area contributed by atoms with Gasteiger partial charge in [-0.1, -0.05) is 18.2 Å². The molecule has 2 saturated heterocycles. The summed E-state index contributed by atoms with van der Waals surface area (Å²) in [5, 5.41) is 0. The first-order valence-corrected chi connectivity index (χ1v) is 7.21. The lowest BCUT2D eigenvalue weighted by Gasteiger charge is -2.25. The number of carbonyl (C=O) groups is 1. The van der Waals surface area contributed by atoms with Crippen LogP contribution in [0, 0.1) is 0 Å². The number of nitrogens with zero attached hydrogens (tertiary/aromatic N) is 1. The van der Waals surface area contributed by atoms with Crippen molar-refractivity contribution < 1.29 is 19.0 Å². The van der Waals surface area contributed by atoms with Gasteiger partial charge in [0.25, 0.3) is 0 Å². The van der Waals surface area contributed by atoms with Gasteiger partial charge in [0.2, 0.25) is 5.91 Å². The first-order valence-electron chi connectivity index (χ1n) is 7.21. The fourth-order valence-corrected chi connectivity index (χ4v) is 2.15. The number of carbonyl (C=O) groups excluding carboxylic acids is 1. The SMILES string of the molecule is O=C(/C=C/c1ccccc1OCC1CO1)N1CCOCC1. The Morgan fingerprint density at radius 3 is 2.86 bits per heavy atom. The monoisotopic (exact) mass is 289 g/mol. The average molecular weight is 289 g/mol. The zero-order valence-electron chi connectivity index (χ0n) is 11.9. The van der Waals surface area contributed by atoms with Gasteiger partial charge in [-0.3, -0.25) is 4.79 Å². The molecule has 1 aromatic rings. The molecule has 1 aromatic carbocycles. The van der Waals surface area contributed by atoms with Crippen LogP contribution in [0.5, 0.6) is 5.75 Å². The number of amides is 1. The van der Waals surface area contributed by atoms with Crippen molar-refractivity contribution >= 4 is 12.0 Å². The van der Waals surface area contributed by atoms with E-state index in [9.17, 15) is 4.79 Å². The van der Waals surface area contributed by atoms with E-state index in [0.717, 1.165) is 17.9 Å². The van der Waals surface area contributed by atoms with E-state index in [-0.39, 0.29) is 12.0 Å². The maximum absolute atomic E-state index is 12.1. The molecule has 0 aromatic heterocycles.